The van der Waals surface area contributed by atoms with E-state index in [2.05, 4.69) is 16.4 Å². The number of carbonyl (C=O) groups excluding carboxylic acids is 1. The van der Waals surface area contributed by atoms with E-state index in [0.717, 1.165) is 12.8 Å². The van der Waals surface area contributed by atoms with Crippen LogP contribution in [0.1, 0.15) is 19.8 Å². The number of fused-ring (bicyclic) bond motifs is 1. The summed E-state index contributed by atoms with van der Waals surface area (Å²) in [5.41, 5.74) is -0.692. The van der Waals surface area contributed by atoms with E-state index in [0.29, 0.717) is 15.9 Å². The Morgan fingerprint density at radius 1 is 1.57 bits per heavy atom. The Morgan fingerprint density at radius 3 is 2.96 bits per heavy atom. The van der Waals surface area contributed by atoms with Crippen LogP contribution in [0.3, 0.4) is 0 Å². The standard InChI is InChI=1S/C16H15ClN4O2/c1-16(8-18,10-2-3-10)20-14(22)7-21-9-19-13-5-4-11(17)6-12(13)15(21)23/h4-6,9-10H,2-3,7H2,1H3,(H,20,22). The third kappa shape index (κ3) is 3.06. The molecule has 1 aliphatic rings. The van der Waals surface area contributed by atoms with Crippen LogP contribution >= 0.6 is 11.6 Å². The maximum absolute atomic E-state index is 12.4. The van der Waals surface area contributed by atoms with Crippen molar-refractivity contribution in [2.75, 3.05) is 0 Å². The minimum Gasteiger partial charge on any atom is -0.336 e. The average Bonchev–Trinajstić information content (AvgIpc) is 3.35. The molecule has 0 saturated heterocycles. The molecule has 1 saturated carbocycles. The van der Waals surface area contributed by atoms with Crippen molar-refractivity contribution in [3.63, 3.8) is 0 Å². The van der Waals surface area contributed by atoms with Crippen molar-refractivity contribution >= 4 is 28.4 Å². The summed E-state index contributed by atoms with van der Waals surface area (Å²) in [5, 5.41) is 12.8. The highest BCUT2D eigenvalue weighted by molar-refractivity contribution is 6.31. The maximum Gasteiger partial charge on any atom is 0.261 e. The molecule has 1 amide bonds. The number of hydrogen-bond acceptors (Lipinski definition) is 4. The van der Waals surface area contributed by atoms with E-state index in [4.69, 9.17) is 11.6 Å². The van der Waals surface area contributed by atoms with Crippen LogP contribution in [0.25, 0.3) is 10.9 Å². The van der Waals surface area contributed by atoms with Crippen LogP contribution in [0.2, 0.25) is 5.02 Å². The fraction of sp³-hybridized carbons (Fsp3) is 0.375. The molecule has 1 atom stereocenters. The fourth-order valence-corrected chi connectivity index (χ4v) is 2.78. The predicted octanol–water partition coefficient (Wildman–Crippen LogP) is 1.86. The number of hydrogen-bond donors (Lipinski definition) is 1. The van der Waals surface area contributed by atoms with Gasteiger partial charge in [-0.1, -0.05) is 11.6 Å². The first-order chi connectivity index (χ1) is 10.9. The van der Waals surface area contributed by atoms with Gasteiger partial charge in [0.25, 0.3) is 5.56 Å². The van der Waals surface area contributed by atoms with Crippen LogP contribution in [-0.2, 0) is 11.3 Å². The second-order valence-electron chi connectivity index (χ2n) is 5.98. The molecule has 0 bridgehead atoms. The van der Waals surface area contributed by atoms with Crippen LogP contribution < -0.4 is 10.9 Å². The van der Waals surface area contributed by atoms with Gasteiger partial charge in [-0.2, -0.15) is 5.26 Å². The van der Waals surface area contributed by atoms with E-state index in [1.54, 1.807) is 19.1 Å². The zero-order valence-electron chi connectivity index (χ0n) is 12.5. The van der Waals surface area contributed by atoms with Crippen molar-refractivity contribution in [3.05, 3.63) is 39.9 Å². The molecule has 1 N–H and O–H groups in total. The highest BCUT2D eigenvalue weighted by atomic mass is 35.5. The van der Waals surface area contributed by atoms with Crippen molar-refractivity contribution in [1.82, 2.24) is 14.9 Å². The van der Waals surface area contributed by atoms with Gasteiger partial charge in [0.1, 0.15) is 12.1 Å². The van der Waals surface area contributed by atoms with E-state index in [1.807, 2.05) is 0 Å². The fourth-order valence-electron chi connectivity index (χ4n) is 2.61. The summed E-state index contributed by atoms with van der Waals surface area (Å²) in [6.45, 7) is 1.53. The van der Waals surface area contributed by atoms with Gasteiger partial charge in [-0.3, -0.25) is 14.2 Å². The topological polar surface area (TPSA) is 87.8 Å². The monoisotopic (exact) mass is 330 g/mol. The minimum absolute atomic E-state index is 0.182. The van der Waals surface area contributed by atoms with Gasteiger partial charge in [-0.25, -0.2) is 4.98 Å². The lowest BCUT2D eigenvalue weighted by Crippen LogP contribution is -2.48. The Labute approximate surface area is 137 Å². The van der Waals surface area contributed by atoms with Gasteiger partial charge >= 0.3 is 0 Å². The average molecular weight is 331 g/mol. The number of nitrogens with one attached hydrogen (secondary N) is 1. The molecule has 1 unspecified atom stereocenters. The molecule has 2 aromatic rings. The molecule has 118 valence electrons. The number of halogens is 1. The SMILES string of the molecule is CC(C#N)(NC(=O)Cn1cnc2ccc(Cl)cc2c1=O)C1CC1. The Kier molecular flexibility index (Phi) is 3.82. The van der Waals surface area contributed by atoms with Gasteiger partial charge in [0.05, 0.1) is 23.3 Å². The van der Waals surface area contributed by atoms with Crippen molar-refractivity contribution in [1.29, 1.82) is 5.26 Å². The van der Waals surface area contributed by atoms with Gasteiger partial charge in [0.15, 0.2) is 0 Å². The van der Waals surface area contributed by atoms with Crippen molar-refractivity contribution < 1.29 is 4.79 Å². The molecule has 3 rings (SSSR count). The summed E-state index contributed by atoms with van der Waals surface area (Å²) >= 11 is 5.91. The van der Waals surface area contributed by atoms with Gasteiger partial charge in [-0.05, 0) is 43.9 Å². The van der Waals surface area contributed by atoms with E-state index in [-0.39, 0.29) is 23.9 Å². The van der Waals surface area contributed by atoms with E-state index in [9.17, 15) is 14.9 Å². The summed E-state index contributed by atoms with van der Waals surface area (Å²) < 4.78 is 1.22. The molecule has 7 heteroatoms. The minimum atomic E-state index is -0.881. The summed E-state index contributed by atoms with van der Waals surface area (Å²) in [6, 6.07) is 7.00. The normalized spacial score (nSPS) is 16.6. The highest BCUT2D eigenvalue weighted by Crippen LogP contribution is 2.39. The van der Waals surface area contributed by atoms with Crippen molar-refractivity contribution in [2.45, 2.75) is 31.8 Å². The second kappa shape index (κ2) is 5.67. The third-order valence-corrected chi connectivity index (χ3v) is 4.36. The number of nitrogens with zero attached hydrogens (tertiary/aromatic N) is 3. The first-order valence-electron chi connectivity index (χ1n) is 7.30. The van der Waals surface area contributed by atoms with Crippen LogP contribution in [0.15, 0.2) is 29.3 Å². The van der Waals surface area contributed by atoms with Crippen LogP contribution in [0, 0.1) is 17.2 Å². The molecule has 6 nitrogen and oxygen atoms in total. The number of aromatic nitrogens is 2. The first-order valence-corrected chi connectivity index (χ1v) is 7.68. The summed E-state index contributed by atoms with van der Waals surface area (Å²) in [7, 11) is 0. The Balaban J connectivity index is 1.84. The number of amides is 1. The number of rotatable bonds is 4. The third-order valence-electron chi connectivity index (χ3n) is 4.13. The Morgan fingerprint density at radius 2 is 2.30 bits per heavy atom. The van der Waals surface area contributed by atoms with Gasteiger partial charge in [0.2, 0.25) is 5.91 Å². The molecular weight excluding hydrogens is 316 g/mol. The lowest BCUT2D eigenvalue weighted by molar-refractivity contribution is -0.123. The quantitative estimate of drug-likeness (QED) is 0.926. The molecule has 23 heavy (non-hydrogen) atoms. The van der Waals surface area contributed by atoms with Crippen LogP contribution in [0.5, 0.6) is 0 Å². The lowest BCUT2D eigenvalue weighted by atomic mass is 9.98. The lowest BCUT2D eigenvalue weighted by Gasteiger charge is -2.23. The predicted molar refractivity (Wildman–Crippen MR) is 85.9 cm³/mol. The second-order valence-corrected chi connectivity index (χ2v) is 6.41. The highest BCUT2D eigenvalue weighted by Gasteiger charge is 2.43. The summed E-state index contributed by atoms with van der Waals surface area (Å²) in [4.78, 5) is 28.8. The van der Waals surface area contributed by atoms with Gasteiger partial charge in [0, 0.05) is 5.02 Å². The first kappa shape index (κ1) is 15.5. The Hall–Kier alpha value is -2.39. The smallest absolute Gasteiger partial charge is 0.261 e. The zero-order chi connectivity index (χ0) is 16.6. The number of benzene rings is 1. The van der Waals surface area contributed by atoms with Gasteiger partial charge in [-0.15, -0.1) is 0 Å². The molecule has 1 aromatic heterocycles. The van der Waals surface area contributed by atoms with E-state index < -0.39 is 5.54 Å². The number of carbonyl (C=O) groups is 1. The molecule has 0 radical (unpaired) electrons. The van der Waals surface area contributed by atoms with Gasteiger partial charge < -0.3 is 5.32 Å². The summed E-state index contributed by atoms with van der Waals surface area (Å²) in [6.07, 6.45) is 3.19. The van der Waals surface area contributed by atoms with E-state index in [1.165, 1.54) is 17.0 Å². The molecule has 0 aliphatic heterocycles. The van der Waals surface area contributed by atoms with Crippen molar-refractivity contribution in [2.24, 2.45) is 5.92 Å². The largest absolute Gasteiger partial charge is 0.336 e. The number of nitriles is 1. The molecule has 1 aromatic carbocycles. The maximum atomic E-state index is 12.4. The van der Waals surface area contributed by atoms with Crippen molar-refractivity contribution in [3.8, 4) is 6.07 Å². The molecular formula is C16H15ClN4O2. The van der Waals surface area contributed by atoms with Crippen LogP contribution in [-0.4, -0.2) is 21.0 Å². The van der Waals surface area contributed by atoms with E-state index >= 15 is 0 Å². The summed E-state index contributed by atoms with van der Waals surface area (Å²) in [5.74, 6) is -0.201. The zero-order valence-corrected chi connectivity index (χ0v) is 13.3. The molecule has 1 heterocycles. The molecule has 1 aliphatic carbocycles. The van der Waals surface area contributed by atoms with Crippen LogP contribution in [0.4, 0.5) is 0 Å². The Bertz CT molecular complexity index is 882. The molecule has 1 fully saturated rings. The molecule has 0 spiro atoms.